The third kappa shape index (κ3) is 2.87. The molecular formula is C13H19N3S. The van der Waals surface area contributed by atoms with E-state index in [0.29, 0.717) is 5.92 Å². The first-order chi connectivity index (χ1) is 8.31. The summed E-state index contributed by atoms with van der Waals surface area (Å²) in [5.74, 6) is 0.714. The van der Waals surface area contributed by atoms with Crippen LogP contribution in [-0.4, -0.2) is 22.0 Å². The zero-order valence-corrected chi connectivity index (χ0v) is 11.0. The second-order valence-corrected chi connectivity index (χ2v) is 6.02. The lowest BCUT2D eigenvalue weighted by atomic mass is 10.0. The Bertz CT molecular complexity index is 455. The van der Waals surface area contributed by atoms with Gasteiger partial charge < -0.3 is 5.32 Å². The van der Waals surface area contributed by atoms with Gasteiger partial charge >= 0.3 is 0 Å². The summed E-state index contributed by atoms with van der Waals surface area (Å²) in [5, 5.41) is 5.65. The summed E-state index contributed by atoms with van der Waals surface area (Å²) in [6, 6.07) is 0.833. The molecule has 1 unspecified atom stereocenters. The monoisotopic (exact) mass is 249 g/mol. The van der Waals surface area contributed by atoms with Crippen LogP contribution in [-0.2, 0) is 6.42 Å². The molecule has 0 aliphatic heterocycles. The van der Waals surface area contributed by atoms with Gasteiger partial charge in [0.05, 0.1) is 5.69 Å². The van der Waals surface area contributed by atoms with Crippen molar-refractivity contribution in [2.75, 3.05) is 6.54 Å². The predicted molar refractivity (Wildman–Crippen MR) is 71.6 cm³/mol. The summed E-state index contributed by atoms with van der Waals surface area (Å²) < 4.78 is 2.12. The molecule has 17 heavy (non-hydrogen) atoms. The van der Waals surface area contributed by atoms with Gasteiger partial charge in [0.25, 0.3) is 0 Å². The van der Waals surface area contributed by atoms with Crippen LogP contribution in [0.5, 0.6) is 0 Å². The summed E-state index contributed by atoms with van der Waals surface area (Å²) in [4.78, 5) is 5.74. The third-order valence-corrected chi connectivity index (χ3v) is 4.12. The van der Waals surface area contributed by atoms with Crippen LogP contribution in [0.2, 0.25) is 0 Å². The molecule has 1 fully saturated rings. The molecule has 2 aromatic heterocycles. The predicted octanol–water partition coefficient (Wildman–Crippen LogP) is 2.72. The number of thiazole rings is 1. The fraction of sp³-hybridized carbons (Fsp3) is 0.615. The molecule has 0 saturated heterocycles. The van der Waals surface area contributed by atoms with Crippen molar-refractivity contribution in [1.29, 1.82) is 0 Å². The first kappa shape index (κ1) is 11.2. The van der Waals surface area contributed by atoms with Gasteiger partial charge in [0.2, 0.25) is 0 Å². The Morgan fingerprint density at radius 3 is 3.24 bits per heavy atom. The van der Waals surface area contributed by atoms with Gasteiger partial charge in [0.1, 0.15) is 0 Å². The average molecular weight is 249 g/mol. The largest absolute Gasteiger partial charge is 0.314 e. The Morgan fingerprint density at radius 1 is 1.59 bits per heavy atom. The summed E-state index contributed by atoms with van der Waals surface area (Å²) in [5.41, 5.74) is 1.23. The standard InChI is InChI=1S/C13H19N3S/c1-10(4-5-14-11-2-3-11)8-12-9-16-6-7-17-13(16)15-12/h6-7,9-11,14H,2-5,8H2,1H3. The van der Waals surface area contributed by atoms with Crippen LogP contribution in [0.25, 0.3) is 4.96 Å². The van der Waals surface area contributed by atoms with E-state index in [0.717, 1.165) is 24.0 Å². The number of fused-ring (bicyclic) bond motifs is 1. The third-order valence-electron chi connectivity index (χ3n) is 3.35. The van der Waals surface area contributed by atoms with Gasteiger partial charge in [-0.15, -0.1) is 11.3 Å². The highest BCUT2D eigenvalue weighted by Gasteiger charge is 2.20. The van der Waals surface area contributed by atoms with E-state index in [9.17, 15) is 0 Å². The van der Waals surface area contributed by atoms with E-state index in [-0.39, 0.29) is 0 Å². The minimum atomic E-state index is 0.714. The van der Waals surface area contributed by atoms with Gasteiger partial charge in [0.15, 0.2) is 4.96 Å². The highest BCUT2D eigenvalue weighted by atomic mass is 32.1. The lowest BCUT2D eigenvalue weighted by Crippen LogP contribution is -2.20. The van der Waals surface area contributed by atoms with Crippen LogP contribution >= 0.6 is 11.3 Å². The van der Waals surface area contributed by atoms with Gasteiger partial charge in [-0.1, -0.05) is 6.92 Å². The molecule has 2 aromatic rings. The topological polar surface area (TPSA) is 29.3 Å². The van der Waals surface area contributed by atoms with Gasteiger partial charge in [-0.3, -0.25) is 4.40 Å². The van der Waals surface area contributed by atoms with E-state index in [1.807, 2.05) is 0 Å². The van der Waals surface area contributed by atoms with E-state index >= 15 is 0 Å². The molecule has 0 bridgehead atoms. The van der Waals surface area contributed by atoms with Crippen molar-refractivity contribution >= 4 is 16.3 Å². The Kier molecular flexibility index (Phi) is 3.16. The van der Waals surface area contributed by atoms with Crippen LogP contribution in [0.4, 0.5) is 0 Å². The highest BCUT2D eigenvalue weighted by Crippen LogP contribution is 2.19. The fourth-order valence-corrected chi connectivity index (χ4v) is 2.87. The maximum atomic E-state index is 4.63. The Balaban J connectivity index is 1.49. The lowest BCUT2D eigenvalue weighted by molar-refractivity contribution is 0.494. The van der Waals surface area contributed by atoms with Crippen molar-refractivity contribution in [2.45, 2.75) is 38.6 Å². The zero-order chi connectivity index (χ0) is 11.7. The molecule has 3 nitrogen and oxygen atoms in total. The SMILES string of the molecule is CC(CCNC1CC1)Cc1cn2ccsc2n1. The normalized spacial score (nSPS) is 17.7. The van der Waals surface area contributed by atoms with E-state index in [4.69, 9.17) is 0 Å². The Morgan fingerprint density at radius 2 is 2.47 bits per heavy atom. The molecule has 2 heterocycles. The molecule has 4 heteroatoms. The van der Waals surface area contributed by atoms with Crippen LogP contribution < -0.4 is 5.32 Å². The summed E-state index contributed by atoms with van der Waals surface area (Å²) in [6.45, 7) is 3.48. The maximum Gasteiger partial charge on any atom is 0.193 e. The van der Waals surface area contributed by atoms with Gasteiger partial charge in [-0.2, -0.15) is 0 Å². The molecule has 1 aliphatic rings. The smallest absolute Gasteiger partial charge is 0.193 e. The van der Waals surface area contributed by atoms with Crippen molar-refractivity contribution in [3.63, 3.8) is 0 Å². The first-order valence-electron chi connectivity index (χ1n) is 6.46. The minimum Gasteiger partial charge on any atom is -0.314 e. The summed E-state index contributed by atoms with van der Waals surface area (Å²) >= 11 is 1.70. The van der Waals surface area contributed by atoms with Crippen LogP contribution in [0.15, 0.2) is 17.8 Å². The van der Waals surface area contributed by atoms with E-state index in [1.165, 1.54) is 25.0 Å². The number of imidazole rings is 1. The number of nitrogens with one attached hydrogen (secondary N) is 1. The molecule has 0 amide bonds. The highest BCUT2D eigenvalue weighted by molar-refractivity contribution is 7.15. The van der Waals surface area contributed by atoms with E-state index in [2.05, 4.69) is 39.4 Å². The molecule has 0 spiro atoms. The van der Waals surface area contributed by atoms with E-state index in [1.54, 1.807) is 11.3 Å². The van der Waals surface area contributed by atoms with Crippen LogP contribution in [0, 0.1) is 5.92 Å². The van der Waals surface area contributed by atoms with Crippen molar-refractivity contribution < 1.29 is 0 Å². The molecule has 1 N–H and O–H groups in total. The van der Waals surface area contributed by atoms with Gasteiger partial charge in [-0.05, 0) is 38.1 Å². The van der Waals surface area contributed by atoms with Crippen molar-refractivity contribution in [3.05, 3.63) is 23.5 Å². The summed E-state index contributed by atoms with van der Waals surface area (Å²) in [6.07, 6.45) is 9.35. The second kappa shape index (κ2) is 4.78. The van der Waals surface area contributed by atoms with Crippen LogP contribution in [0.3, 0.4) is 0 Å². The zero-order valence-electron chi connectivity index (χ0n) is 10.2. The van der Waals surface area contributed by atoms with Crippen molar-refractivity contribution in [2.24, 2.45) is 5.92 Å². The lowest BCUT2D eigenvalue weighted by Gasteiger charge is -2.09. The van der Waals surface area contributed by atoms with Gasteiger partial charge in [0, 0.05) is 23.8 Å². The molecule has 0 aromatic carbocycles. The van der Waals surface area contributed by atoms with Gasteiger partial charge in [-0.25, -0.2) is 4.98 Å². The molecule has 3 rings (SSSR count). The minimum absolute atomic E-state index is 0.714. The quantitative estimate of drug-likeness (QED) is 0.853. The molecule has 92 valence electrons. The molecule has 0 radical (unpaired) electrons. The molecular weight excluding hydrogens is 230 g/mol. The first-order valence-corrected chi connectivity index (χ1v) is 7.33. The van der Waals surface area contributed by atoms with Crippen molar-refractivity contribution in [3.8, 4) is 0 Å². The van der Waals surface area contributed by atoms with Crippen LogP contribution in [0.1, 0.15) is 31.9 Å². The van der Waals surface area contributed by atoms with Crippen molar-refractivity contribution in [1.82, 2.24) is 14.7 Å². The number of nitrogens with zero attached hydrogens (tertiary/aromatic N) is 2. The summed E-state index contributed by atoms with van der Waals surface area (Å²) in [7, 11) is 0. The Hall–Kier alpha value is -0.870. The molecule has 1 aliphatic carbocycles. The number of hydrogen-bond donors (Lipinski definition) is 1. The number of aromatic nitrogens is 2. The number of rotatable bonds is 6. The molecule has 1 atom stereocenters. The number of hydrogen-bond acceptors (Lipinski definition) is 3. The second-order valence-electron chi connectivity index (χ2n) is 5.15. The average Bonchev–Trinajstić information content (AvgIpc) is 2.87. The van der Waals surface area contributed by atoms with E-state index < -0.39 is 0 Å². The fourth-order valence-electron chi connectivity index (χ4n) is 2.15. The maximum absolute atomic E-state index is 4.63. The molecule has 1 saturated carbocycles. The Labute approximate surface area is 106 Å².